The maximum atomic E-state index is 14.8. The zero-order valence-corrected chi connectivity index (χ0v) is 16.2. The van der Waals surface area contributed by atoms with E-state index in [9.17, 15) is 39.5 Å². The van der Waals surface area contributed by atoms with Crippen molar-refractivity contribution < 1.29 is 39.5 Å². The Morgan fingerprint density at radius 3 is 0.871 bits per heavy atom. The first-order valence-electron chi connectivity index (χ1n) is 8.80. The van der Waals surface area contributed by atoms with Gasteiger partial charge in [-0.05, 0) is 53.8 Å². The van der Waals surface area contributed by atoms with Crippen LogP contribution in [-0.2, 0) is 0 Å². The lowest BCUT2D eigenvalue weighted by Crippen LogP contribution is -2.59. The summed E-state index contributed by atoms with van der Waals surface area (Å²) in [5.41, 5.74) is -4.77. The largest absolute Gasteiger partial charge is 0.254 e. The number of rotatable bonds is 3. The molecule has 0 aliphatic carbocycles. The van der Waals surface area contributed by atoms with Crippen LogP contribution in [0.2, 0.25) is 0 Å². The Labute approximate surface area is 171 Å². The van der Waals surface area contributed by atoms with E-state index >= 15 is 0 Å². The minimum Gasteiger partial charge on any atom is -0.207 e. The summed E-state index contributed by atoms with van der Waals surface area (Å²) in [5.74, 6) is -14.0. The van der Waals surface area contributed by atoms with Crippen LogP contribution in [0.3, 0.4) is 0 Å². The molecular formula is C21H12BF9. The zero-order chi connectivity index (χ0) is 23.4. The van der Waals surface area contributed by atoms with Crippen LogP contribution in [0.4, 0.5) is 39.5 Å². The summed E-state index contributed by atoms with van der Waals surface area (Å²) in [6.45, 7) is 0.582. The van der Waals surface area contributed by atoms with Crippen molar-refractivity contribution in [2.75, 3.05) is 0 Å². The molecule has 0 saturated heterocycles. The summed E-state index contributed by atoms with van der Waals surface area (Å²) in [4.78, 5) is 0. The van der Waals surface area contributed by atoms with E-state index in [1.54, 1.807) is 0 Å². The van der Waals surface area contributed by atoms with Gasteiger partial charge >= 0.3 is 0 Å². The quantitative estimate of drug-likeness (QED) is 0.319. The molecule has 3 aromatic rings. The fourth-order valence-electron chi connectivity index (χ4n) is 3.68. The number of halogens is 9. The van der Waals surface area contributed by atoms with Gasteiger partial charge in [0.2, 0.25) is 0 Å². The summed E-state index contributed by atoms with van der Waals surface area (Å²) in [5, 5.41) is 0. The number of hydrogen-bond acceptors (Lipinski definition) is 0. The second-order valence-electron chi connectivity index (χ2n) is 7.01. The van der Waals surface area contributed by atoms with E-state index in [1.807, 2.05) is 0 Å². The van der Waals surface area contributed by atoms with Crippen molar-refractivity contribution >= 4 is 23.1 Å². The number of hydrogen-bond donors (Lipinski definition) is 0. The molecule has 0 aliphatic heterocycles. The molecule has 0 bridgehead atoms. The average molecular weight is 446 g/mol. The first-order valence-corrected chi connectivity index (χ1v) is 8.80. The van der Waals surface area contributed by atoms with Crippen LogP contribution in [0.5, 0.6) is 0 Å². The Kier molecular flexibility index (Phi) is 5.86. The van der Waals surface area contributed by atoms with Crippen molar-refractivity contribution in [3.05, 3.63) is 87.2 Å². The van der Waals surface area contributed by atoms with Crippen LogP contribution in [0.1, 0.15) is 16.7 Å². The fraction of sp³-hybridized carbons (Fsp3) is 0.143. The first kappa shape index (κ1) is 22.8. The van der Waals surface area contributed by atoms with Gasteiger partial charge in [-0.1, -0.05) is 0 Å². The third-order valence-electron chi connectivity index (χ3n) is 5.23. The van der Waals surface area contributed by atoms with Crippen LogP contribution in [0, 0.1) is 73.1 Å². The Bertz CT molecular complexity index is 1070. The van der Waals surface area contributed by atoms with E-state index in [2.05, 4.69) is 0 Å². The normalized spacial score (nSPS) is 11.2. The van der Waals surface area contributed by atoms with Crippen LogP contribution in [0.25, 0.3) is 0 Å². The summed E-state index contributed by atoms with van der Waals surface area (Å²) >= 11 is 0. The number of benzene rings is 3. The summed E-state index contributed by atoms with van der Waals surface area (Å²) in [6.07, 6.45) is 0. The lowest BCUT2D eigenvalue weighted by atomic mass is 9.34. The highest BCUT2D eigenvalue weighted by molar-refractivity contribution is 6.96. The molecule has 3 rings (SSSR count). The summed E-state index contributed by atoms with van der Waals surface area (Å²) < 4.78 is 128. The zero-order valence-electron chi connectivity index (χ0n) is 16.2. The molecule has 10 heteroatoms. The molecule has 31 heavy (non-hydrogen) atoms. The molecule has 0 N–H and O–H groups in total. The Morgan fingerprint density at radius 2 is 0.645 bits per heavy atom. The van der Waals surface area contributed by atoms with Gasteiger partial charge in [0.1, 0.15) is 17.5 Å². The molecule has 0 fully saturated rings. The van der Waals surface area contributed by atoms with Crippen molar-refractivity contribution in [1.29, 1.82) is 0 Å². The molecule has 162 valence electrons. The van der Waals surface area contributed by atoms with Crippen LogP contribution in [0.15, 0.2) is 18.2 Å². The lowest BCUT2D eigenvalue weighted by molar-refractivity contribution is 0.490. The van der Waals surface area contributed by atoms with Gasteiger partial charge in [-0.2, -0.15) is 0 Å². The third kappa shape index (κ3) is 3.57. The van der Waals surface area contributed by atoms with Crippen LogP contribution in [-0.4, -0.2) is 6.71 Å². The second-order valence-corrected chi connectivity index (χ2v) is 7.01. The molecule has 0 atom stereocenters. The minimum atomic E-state index is -2.10. The Balaban J connectivity index is 2.56. The van der Waals surface area contributed by atoms with Crippen molar-refractivity contribution in [3.63, 3.8) is 0 Å². The monoisotopic (exact) mass is 446 g/mol. The maximum absolute atomic E-state index is 14.8. The van der Waals surface area contributed by atoms with E-state index < -0.39 is 92.1 Å². The molecule has 0 unspecified atom stereocenters. The molecule has 0 spiro atoms. The molecule has 3 aromatic carbocycles. The molecule has 0 aliphatic rings. The highest BCUT2D eigenvalue weighted by Crippen LogP contribution is 2.20. The SMILES string of the molecule is Cc1c(F)c(F)cc(F)c1B(c1c(F)cc(F)c(F)c1C)c1c(F)cc(F)c(F)c1C. The summed E-state index contributed by atoms with van der Waals surface area (Å²) in [7, 11) is 0. The topological polar surface area (TPSA) is 0 Å². The Hall–Kier alpha value is -2.91. The molecule has 0 amide bonds. The molecular weight excluding hydrogens is 434 g/mol. The van der Waals surface area contributed by atoms with Gasteiger partial charge in [0.25, 0.3) is 6.71 Å². The Morgan fingerprint density at radius 1 is 0.419 bits per heavy atom. The van der Waals surface area contributed by atoms with Crippen molar-refractivity contribution in [2.24, 2.45) is 0 Å². The maximum Gasteiger partial charge on any atom is 0.254 e. The smallest absolute Gasteiger partial charge is 0.207 e. The van der Waals surface area contributed by atoms with Crippen molar-refractivity contribution in [3.8, 4) is 0 Å². The van der Waals surface area contributed by atoms with Crippen LogP contribution < -0.4 is 16.4 Å². The van der Waals surface area contributed by atoms with Gasteiger partial charge in [0.05, 0.1) is 0 Å². The highest BCUT2D eigenvalue weighted by atomic mass is 19.2. The second kappa shape index (κ2) is 7.98. The van der Waals surface area contributed by atoms with Gasteiger partial charge in [-0.15, -0.1) is 0 Å². The first-order chi connectivity index (χ1) is 14.4. The molecule has 0 saturated carbocycles. The van der Waals surface area contributed by atoms with E-state index in [-0.39, 0.29) is 18.2 Å². The van der Waals surface area contributed by atoms with Gasteiger partial charge in [-0.25, -0.2) is 39.5 Å². The van der Waals surface area contributed by atoms with Gasteiger partial charge in [0.15, 0.2) is 34.9 Å². The molecule has 0 heterocycles. The summed E-state index contributed by atoms with van der Waals surface area (Å²) in [6, 6.07) is 0.306. The van der Waals surface area contributed by atoms with Gasteiger partial charge < -0.3 is 0 Å². The average Bonchev–Trinajstić information content (AvgIpc) is 2.68. The predicted molar refractivity (Wildman–Crippen MR) is 97.8 cm³/mol. The molecule has 0 aromatic heterocycles. The van der Waals surface area contributed by atoms with E-state index in [1.165, 1.54) is 0 Å². The highest BCUT2D eigenvalue weighted by Gasteiger charge is 2.38. The van der Waals surface area contributed by atoms with Crippen LogP contribution >= 0.6 is 0 Å². The van der Waals surface area contributed by atoms with E-state index in [4.69, 9.17) is 0 Å². The van der Waals surface area contributed by atoms with Crippen molar-refractivity contribution in [2.45, 2.75) is 20.8 Å². The standard InChI is InChI=1S/C21H12BF9/c1-7-16(10(23)4-13(26)19(7)29)22(17-8(2)20(30)14(27)5-11(17)24)18-9(3)21(31)15(28)6-12(18)25/h4-6H,1-3H3. The van der Waals surface area contributed by atoms with Gasteiger partial charge in [0, 0.05) is 18.2 Å². The third-order valence-corrected chi connectivity index (χ3v) is 5.23. The lowest BCUT2D eigenvalue weighted by Gasteiger charge is -2.24. The minimum absolute atomic E-state index is 0.102. The predicted octanol–water partition coefficient (Wildman–Crippen LogP) is 4.38. The molecule has 0 nitrogen and oxygen atoms in total. The van der Waals surface area contributed by atoms with Gasteiger partial charge in [-0.3, -0.25) is 0 Å². The van der Waals surface area contributed by atoms with Crippen molar-refractivity contribution in [1.82, 2.24) is 0 Å². The molecule has 0 radical (unpaired) electrons. The van der Waals surface area contributed by atoms with E-state index in [0.717, 1.165) is 20.8 Å². The fourth-order valence-corrected chi connectivity index (χ4v) is 3.68. The van der Waals surface area contributed by atoms with E-state index in [0.29, 0.717) is 0 Å².